The lowest BCUT2D eigenvalue weighted by Crippen LogP contribution is -2.31. The first kappa shape index (κ1) is 21.0. The highest BCUT2D eigenvalue weighted by atomic mass is 16.5. The predicted molar refractivity (Wildman–Crippen MR) is 134 cm³/mol. The number of nitrogens with one attached hydrogen (secondary N) is 2. The maximum atomic E-state index is 13.6. The molecule has 1 amide bonds. The molecule has 0 radical (unpaired) electrons. The number of ether oxygens (including phenoxy) is 1. The maximum Gasteiger partial charge on any atom is 0.273 e. The molecule has 3 heterocycles. The third kappa shape index (κ3) is 3.44. The molecule has 0 fully saturated rings. The minimum atomic E-state index is -0.369. The molecule has 5 aromatic rings. The number of nitrogens with zero attached hydrogens (tertiary/aromatic N) is 2. The van der Waals surface area contributed by atoms with Crippen LogP contribution < -0.4 is 4.74 Å². The Morgan fingerprint density at radius 1 is 1.06 bits per heavy atom. The quantitative estimate of drug-likeness (QED) is 0.327. The van der Waals surface area contributed by atoms with Crippen LogP contribution in [0.25, 0.3) is 22.2 Å². The number of hydrogen-bond acceptors (Lipinski definition) is 4. The highest BCUT2D eigenvalue weighted by Crippen LogP contribution is 2.44. The van der Waals surface area contributed by atoms with E-state index in [9.17, 15) is 9.90 Å². The molecule has 1 aliphatic rings. The van der Waals surface area contributed by atoms with Gasteiger partial charge in [-0.1, -0.05) is 54.6 Å². The van der Waals surface area contributed by atoms with Crippen molar-refractivity contribution >= 4 is 16.8 Å². The smallest absolute Gasteiger partial charge is 0.273 e. The van der Waals surface area contributed by atoms with Crippen LogP contribution in [0.2, 0.25) is 0 Å². The molecule has 0 saturated heterocycles. The Hall–Kier alpha value is -4.52. The van der Waals surface area contributed by atoms with E-state index in [1.54, 1.807) is 12.1 Å². The Balaban J connectivity index is 1.43. The highest BCUT2D eigenvalue weighted by Gasteiger charge is 2.42. The zero-order valence-electron chi connectivity index (χ0n) is 19.2. The summed E-state index contributed by atoms with van der Waals surface area (Å²) in [5.74, 6) is 0.331. The Labute approximate surface area is 202 Å². The van der Waals surface area contributed by atoms with E-state index in [0.29, 0.717) is 24.4 Å². The van der Waals surface area contributed by atoms with Crippen molar-refractivity contribution in [2.75, 3.05) is 13.7 Å². The minimum Gasteiger partial charge on any atom is -0.504 e. The molecule has 0 spiro atoms. The molecule has 6 rings (SSSR count). The fourth-order valence-electron chi connectivity index (χ4n) is 5.03. The van der Waals surface area contributed by atoms with Crippen LogP contribution in [0.1, 0.15) is 33.2 Å². The van der Waals surface area contributed by atoms with Crippen LogP contribution in [0.15, 0.2) is 79.0 Å². The summed E-state index contributed by atoms with van der Waals surface area (Å²) in [5.41, 5.74) is 6.12. The van der Waals surface area contributed by atoms with Gasteiger partial charge in [0.25, 0.3) is 5.91 Å². The number of methoxy groups -OCH3 is 1. The van der Waals surface area contributed by atoms with Gasteiger partial charge >= 0.3 is 0 Å². The van der Waals surface area contributed by atoms with Crippen molar-refractivity contribution in [3.05, 3.63) is 101 Å². The largest absolute Gasteiger partial charge is 0.504 e. The number of fused-ring (bicyclic) bond motifs is 2. The van der Waals surface area contributed by atoms with E-state index < -0.39 is 0 Å². The van der Waals surface area contributed by atoms with Gasteiger partial charge in [-0.05, 0) is 35.7 Å². The Kier molecular flexibility index (Phi) is 5.03. The lowest BCUT2D eigenvalue weighted by atomic mass is 9.95. The van der Waals surface area contributed by atoms with Crippen LogP contribution in [0.5, 0.6) is 11.5 Å². The number of carbonyl (C=O) groups is 1. The second kappa shape index (κ2) is 8.36. The number of H-pyrrole nitrogens is 2. The Morgan fingerprint density at radius 3 is 2.69 bits per heavy atom. The molecule has 0 unspecified atom stereocenters. The first-order valence-corrected chi connectivity index (χ1v) is 11.5. The number of aromatic nitrogens is 3. The van der Waals surface area contributed by atoms with Gasteiger partial charge in [0.2, 0.25) is 0 Å². The standard InChI is InChI=1S/C28H24N4O3/c1-35-23-15-18(11-12-22(23)33)27-24-25(17-7-3-2-4-8-17)30-31-26(24)28(34)32(27)14-13-19-16-29-21-10-6-5-9-20(19)21/h2-12,15-16,27,29,33H,13-14H2,1H3,(H,30,31)/t27-/m1/s1. The monoisotopic (exact) mass is 464 g/mol. The van der Waals surface area contributed by atoms with E-state index in [4.69, 9.17) is 4.74 Å². The molecule has 7 nitrogen and oxygen atoms in total. The zero-order valence-corrected chi connectivity index (χ0v) is 19.2. The van der Waals surface area contributed by atoms with Crippen molar-refractivity contribution in [2.24, 2.45) is 0 Å². The normalized spacial score (nSPS) is 15.1. The van der Waals surface area contributed by atoms with Crippen LogP contribution in [0.4, 0.5) is 0 Å². The van der Waals surface area contributed by atoms with E-state index in [1.165, 1.54) is 7.11 Å². The van der Waals surface area contributed by atoms with Crippen LogP contribution in [-0.2, 0) is 6.42 Å². The van der Waals surface area contributed by atoms with Crippen molar-refractivity contribution < 1.29 is 14.6 Å². The number of amides is 1. The zero-order chi connectivity index (χ0) is 23.9. The molecule has 0 saturated carbocycles. The number of aromatic amines is 2. The molecular weight excluding hydrogens is 440 g/mol. The summed E-state index contributed by atoms with van der Waals surface area (Å²) in [7, 11) is 1.52. The summed E-state index contributed by atoms with van der Waals surface area (Å²) >= 11 is 0. The third-order valence-corrected chi connectivity index (χ3v) is 6.73. The SMILES string of the molecule is COc1cc([C@@H]2c3c(-c4ccccc4)n[nH]c3C(=O)N2CCc2c[nH]c3ccccc23)ccc1O. The van der Waals surface area contributed by atoms with Gasteiger partial charge in [-0.15, -0.1) is 0 Å². The molecular formula is C28H24N4O3. The first-order valence-electron chi connectivity index (χ1n) is 11.5. The topological polar surface area (TPSA) is 94.2 Å². The Bertz CT molecular complexity index is 1540. The first-order chi connectivity index (χ1) is 17.2. The van der Waals surface area contributed by atoms with Gasteiger partial charge in [-0.25, -0.2) is 0 Å². The van der Waals surface area contributed by atoms with Crippen molar-refractivity contribution in [3.8, 4) is 22.8 Å². The minimum absolute atomic E-state index is 0.0571. The fourth-order valence-corrected chi connectivity index (χ4v) is 5.03. The van der Waals surface area contributed by atoms with Gasteiger partial charge in [0.15, 0.2) is 11.5 Å². The predicted octanol–water partition coefficient (Wildman–Crippen LogP) is 5.06. The van der Waals surface area contributed by atoms with E-state index in [2.05, 4.69) is 21.2 Å². The number of phenols is 1. The summed E-state index contributed by atoms with van der Waals surface area (Å²) in [6.07, 6.45) is 2.71. The summed E-state index contributed by atoms with van der Waals surface area (Å²) in [6, 6.07) is 22.9. The molecule has 1 atom stereocenters. The molecule has 3 N–H and O–H groups in total. The lowest BCUT2D eigenvalue weighted by molar-refractivity contribution is 0.0746. The van der Waals surface area contributed by atoms with Crippen molar-refractivity contribution in [1.82, 2.24) is 20.1 Å². The molecule has 35 heavy (non-hydrogen) atoms. The van der Waals surface area contributed by atoms with Gasteiger partial charge in [-0.2, -0.15) is 5.10 Å². The summed E-state index contributed by atoms with van der Waals surface area (Å²) in [4.78, 5) is 18.8. The van der Waals surface area contributed by atoms with E-state index >= 15 is 0 Å². The molecule has 0 aliphatic carbocycles. The third-order valence-electron chi connectivity index (χ3n) is 6.73. The number of benzene rings is 3. The molecule has 2 aromatic heterocycles. The molecule has 3 aromatic carbocycles. The van der Waals surface area contributed by atoms with Gasteiger partial charge in [0.05, 0.1) is 18.8 Å². The van der Waals surface area contributed by atoms with Crippen LogP contribution in [-0.4, -0.2) is 44.7 Å². The number of aromatic hydroxyl groups is 1. The number of para-hydroxylation sites is 1. The van der Waals surface area contributed by atoms with Crippen molar-refractivity contribution in [2.45, 2.75) is 12.5 Å². The van der Waals surface area contributed by atoms with E-state index in [-0.39, 0.29) is 17.7 Å². The van der Waals surface area contributed by atoms with Crippen LogP contribution in [0, 0.1) is 0 Å². The summed E-state index contributed by atoms with van der Waals surface area (Å²) in [5, 5.41) is 18.9. The second-order valence-corrected chi connectivity index (χ2v) is 8.67. The summed E-state index contributed by atoms with van der Waals surface area (Å²) in [6.45, 7) is 0.519. The van der Waals surface area contributed by atoms with Gasteiger partial charge in [0.1, 0.15) is 5.69 Å². The average molecular weight is 465 g/mol. The van der Waals surface area contributed by atoms with E-state index in [1.807, 2.05) is 65.7 Å². The average Bonchev–Trinajstić information content (AvgIpc) is 3.58. The number of phenolic OH excluding ortho intramolecular Hbond substituents is 1. The van der Waals surface area contributed by atoms with Gasteiger partial charge in [0, 0.05) is 34.8 Å². The fraction of sp³-hybridized carbons (Fsp3) is 0.143. The molecule has 1 aliphatic heterocycles. The second-order valence-electron chi connectivity index (χ2n) is 8.67. The van der Waals surface area contributed by atoms with Crippen molar-refractivity contribution in [3.63, 3.8) is 0 Å². The van der Waals surface area contributed by atoms with Gasteiger partial charge in [-0.3, -0.25) is 9.89 Å². The van der Waals surface area contributed by atoms with Crippen LogP contribution >= 0.6 is 0 Å². The van der Waals surface area contributed by atoms with E-state index in [0.717, 1.165) is 38.9 Å². The maximum absolute atomic E-state index is 13.6. The van der Waals surface area contributed by atoms with Crippen molar-refractivity contribution in [1.29, 1.82) is 0 Å². The number of carbonyl (C=O) groups excluding carboxylic acids is 1. The van der Waals surface area contributed by atoms with Gasteiger partial charge < -0.3 is 19.7 Å². The summed E-state index contributed by atoms with van der Waals surface area (Å²) < 4.78 is 5.38. The Morgan fingerprint density at radius 2 is 1.86 bits per heavy atom. The molecule has 0 bridgehead atoms. The highest BCUT2D eigenvalue weighted by molar-refractivity contribution is 6.00. The number of rotatable bonds is 6. The molecule has 7 heteroatoms. The number of hydrogen-bond donors (Lipinski definition) is 3. The lowest BCUT2D eigenvalue weighted by Gasteiger charge is -2.27. The van der Waals surface area contributed by atoms with Crippen LogP contribution in [0.3, 0.4) is 0 Å². The molecule has 174 valence electrons.